The van der Waals surface area contributed by atoms with Gasteiger partial charge in [-0.15, -0.1) is 10.2 Å². The lowest BCUT2D eigenvalue weighted by Crippen LogP contribution is -2.05. The molecule has 0 bridgehead atoms. The molecule has 0 amide bonds. The van der Waals surface area contributed by atoms with Crippen LogP contribution in [0, 0.1) is 20.8 Å². The summed E-state index contributed by atoms with van der Waals surface area (Å²) in [6, 6.07) is 3.36. The largest absolute Gasteiger partial charge is 0.469 e. The van der Waals surface area contributed by atoms with Gasteiger partial charge in [0.25, 0.3) is 11.8 Å². The molecule has 7 heteroatoms. The normalized spacial score (nSPS) is 10.9. The minimum atomic E-state index is -0.499. The van der Waals surface area contributed by atoms with Gasteiger partial charge in [0.1, 0.15) is 22.8 Å². The number of ether oxygens (including phenoxy) is 1. The molecule has 0 unspecified atom stereocenters. The summed E-state index contributed by atoms with van der Waals surface area (Å²) in [7, 11) is 0. The molecular formula is C15H14N2O5. The van der Waals surface area contributed by atoms with E-state index in [0.717, 1.165) is 11.3 Å². The molecule has 114 valence electrons. The SMILES string of the molecule is Cc1cc(-c2nnc(COC(=O)c3ccoc3C)o2)c(C)o1. The van der Waals surface area contributed by atoms with Gasteiger partial charge in [-0.1, -0.05) is 0 Å². The Bertz CT molecular complexity index is 812. The molecule has 0 fully saturated rings. The Morgan fingerprint density at radius 1 is 1.18 bits per heavy atom. The Morgan fingerprint density at radius 2 is 2.00 bits per heavy atom. The van der Waals surface area contributed by atoms with Crippen LogP contribution in [0.3, 0.4) is 0 Å². The minimum Gasteiger partial charge on any atom is -0.469 e. The lowest BCUT2D eigenvalue weighted by molar-refractivity contribution is 0.0436. The molecule has 0 radical (unpaired) electrons. The van der Waals surface area contributed by atoms with Crippen molar-refractivity contribution >= 4 is 5.97 Å². The van der Waals surface area contributed by atoms with Crippen molar-refractivity contribution in [3.05, 3.63) is 47.1 Å². The second kappa shape index (κ2) is 5.51. The highest BCUT2D eigenvalue weighted by molar-refractivity contribution is 5.90. The number of aromatic nitrogens is 2. The van der Waals surface area contributed by atoms with Gasteiger partial charge >= 0.3 is 5.97 Å². The smallest absolute Gasteiger partial charge is 0.342 e. The van der Waals surface area contributed by atoms with Crippen molar-refractivity contribution in [1.29, 1.82) is 0 Å². The van der Waals surface area contributed by atoms with E-state index >= 15 is 0 Å². The average molecular weight is 302 g/mol. The fourth-order valence-corrected chi connectivity index (χ4v) is 2.07. The standard InChI is InChI=1S/C15H14N2O5/c1-8-6-12(10(3)21-8)14-17-16-13(22-14)7-20-15(18)11-4-5-19-9(11)2/h4-6H,7H2,1-3H3. The Morgan fingerprint density at radius 3 is 2.64 bits per heavy atom. The van der Waals surface area contributed by atoms with Gasteiger partial charge in [-0.05, 0) is 32.9 Å². The van der Waals surface area contributed by atoms with Crippen LogP contribution >= 0.6 is 0 Å². The molecule has 0 saturated carbocycles. The predicted octanol–water partition coefficient (Wildman–Crippen LogP) is 3.20. The molecule has 0 saturated heterocycles. The van der Waals surface area contributed by atoms with Crippen LogP contribution in [-0.4, -0.2) is 16.2 Å². The summed E-state index contributed by atoms with van der Waals surface area (Å²) >= 11 is 0. The number of nitrogens with zero attached hydrogens (tertiary/aromatic N) is 2. The van der Waals surface area contributed by atoms with Gasteiger partial charge < -0.3 is 18.0 Å². The number of aryl methyl sites for hydroxylation is 3. The highest BCUT2D eigenvalue weighted by Gasteiger charge is 2.17. The van der Waals surface area contributed by atoms with E-state index < -0.39 is 5.97 Å². The van der Waals surface area contributed by atoms with Crippen LogP contribution in [0.1, 0.15) is 33.5 Å². The topological polar surface area (TPSA) is 91.5 Å². The van der Waals surface area contributed by atoms with Crippen molar-refractivity contribution in [3.63, 3.8) is 0 Å². The monoisotopic (exact) mass is 302 g/mol. The molecule has 3 rings (SSSR count). The van der Waals surface area contributed by atoms with Crippen molar-refractivity contribution < 1.29 is 22.8 Å². The summed E-state index contributed by atoms with van der Waals surface area (Å²) < 4.78 is 21.1. The predicted molar refractivity (Wildman–Crippen MR) is 74.0 cm³/mol. The van der Waals surface area contributed by atoms with E-state index in [2.05, 4.69) is 10.2 Å². The first kappa shape index (κ1) is 14.1. The van der Waals surface area contributed by atoms with E-state index in [1.54, 1.807) is 13.0 Å². The van der Waals surface area contributed by atoms with E-state index in [0.29, 0.717) is 23.0 Å². The maximum Gasteiger partial charge on any atom is 0.342 e. The van der Waals surface area contributed by atoms with Gasteiger partial charge in [-0.25, -0.2) is 4.79 Å². The van der Waals surface area contributed by atoms with Crippen LogP contribution in [0.25, 0.3) is 11.5 Å². The number of rotatable bonds is 4. The zero-order valence-corrected chi connectivity index (χ0v) is 12.4. The molecule has 22 heavy (non-hydrogen) atoms. The summed E-state index contributed by atoms with van der Waals surface area (Å²) in [6.07, 6.45) is 1.43. The molecule has 0 spiro atoms. The molecule has 3 aromatic rings. The van der Waals surface area contributed by atoms with Gasteiger partial charge in [0, 0.05) is 0 Å². The zero-order chi connectivity index (χ0) is 15.7. The van der Waals surface area contributed by atoms with Gasteiger partial charge in [0.05, 0.1) is 11.8 Å². The van der Waals surface area contributed by atoms with Crippen LogP contribution in [0.4, 0.5) is 0 Å². The van der Waals surface area contributed by atoms with Crippen molar-refractivity contribution in [1.82, 2.24) is 10.2 Å². The highest BCUT2D eigenvalue weighted by atomic mass is 16.5. The molecule has 0 N–H and O–H groups in total. The number of carbonyl (C=O) groups is 1. The Kier molecular flexibility index (Phi) is 3.54. The fraction of sp³-hybridized carbons (Fsp3) is 0.267. The summed E-state index contributed by atoms with van der Waals surface area (Å²) in [4.78, 5) is 11.8. The molecule has 0 aromatic carbocycles. The first-order valence-corrected chi connectivity index (χ1v) is 6.65. The number of hydrogen-bond donors (Lipinski definition) is 0. The third-order valence-electron chi connectivity index (χ3n) is 3.14. The van der Waals surface area contributed by atoms with Crippen molar-refractivity contribution in [2.45, 2.75) is 27.4 Å². The quantitative estimate of drug-likeness (QED) is 0.683. The third-order valence-corrected chi connectivity index (χ3v) is 3.14. The van der Waals surface area contributed by atoms with Crippen molar-refractivity contribution in [2.24, 2.45) is 0 Å². The Hall–Kier alpha value is -2.83. The molecule has 7 nitrogen and oxygen atoms in total. The van der Waals surface area contributed by atoms with E-state index in [4.69, 9.17) is 18.0 Å². The first-order valence-electron chi connectivity index (χ1n) is 6.65. The van der Waals surface area contributed by atoms with E-state index in [-0.39, 0.29) is 12.5 Å². The molecule has 0 atom stereocenters. The average Bonchev–Trinajstić information content (AvgIpc) is 3.16. The van der Waals surface area contributed by atoms with Crippen LogP contribution in [-0.2, 0) is 11.3 Å². The second-order valence-corrected chi connectivity index (χ2v) is 4.79. The van der Waals surface area contributed by atoms with Gasteiger partial charge in [-0.2, -0.15) is 0 Å². The van der Waals surface area contributed by atoms with Crippen LogP contribution in [0.2, 0.25) is 0 Å². The van der Waals surface area contributed by atoms with Gasteiger partial charge in [-0.3, -0.25) is 0 Å². The van der Waals surface area contributed by atoms with Crippen LogP contribution < -0.4 is 0 Å². The second-order valence-electron chi connectivity index (χ2n) is 4.79. The molecule has 3 heterocycles. The molecule has 0 aliphatic carbocycles. The van der Waals surface area contributed by atoms with Crippen molar-refractivity contribution in [2.75, 3.05) is 0 Å². The maximum absolute atomic E-state index is 11.8. The lowest BCUT2D eigenvalue weighted by atomic mass is 10.2. The molecule has 0 aliphatic rings. The Balaban J connectivity index is 1.69. The fourth-order valence-electron chi connectivity index (χ4n) is 2.07. The lowest BCUT2D eigenvalue weighted by Gasteiger charge is -1.99. The maximum atomic E-state index is 11.8. The number of hydrogen-bond acceptors (Lipinski definition) is 7. The molecule has 3 aromatic heterocycles. The first-order chi connectivity index (χ1) is 10.5. The summed E-state index contributed by atoms with van der Waals surface area (Å²) in [5.41, 5.74) is 1.11. The molecular weight excluding hydrogens is 288 g/mol. The van der Waals surface area contributed by atoms with Gasteiger partial charge in [0.2, 0.25) is 0 Å². The van der Waals surface area contributed by atoms with Crippen LogP contribution in [0.5, 0.6) is 0 Å². The highest BCUT2D eigenvalue weighted by Crippen LogP contribution is 2.25. The third kappa shape index (κ3) is 2.65. The summed E-state index contributed by atoms with van der Waals surface area (Å²) in [5, 5.41) is 7.79. The number of carbonyl (C=O) groups excluding carboxylic acids is 1. The zero-order valence-electron chi connectivity index (χ0n) is 12.4. The van der Waals surface area contributed by atoms with Crippen LogP contribution in [0.15, 0.2) is 31.6 Å². The number of esters is 1. The van der Waals surface area contributed by atoms with Crippen molar-refractivity contribution in [3.8, 4) is 11.5 Å². The minimum absolute atomic E-state index is 0.105. The molecule has 0 aliphatic heterocycles. The Labute approximate surface area is 125 Å². The van der Waals surface area contributed by atoms with E-state index in [1.807, 2.05) is 19.9 Å². The summed E-state index contributed by atoms with van der Waals surface area (Å²) in [5.74, 6) is 2.00. The van der Waals surface area contributed by atoms with E-state index in [1.165, 1.54) is 6.26 Å². The summed E-state index contributed by atoms with van der Waals surface area (Å²) in [6.45, 7) is 5.23. The van der Waals surface area contributed by atoms with E-state index in [9.17, 15) is 4.79 Å². The van der Waals surface area contributed by atoms with Gasteiger partial charge in [0.15, 0.2) is 6.61 Å². The number of furan rings is 2.